The van der Waals surface area contributed by atoms with Gasteiger partial charge in [0.05, 0.1) is 10.4 Å². The number of halogens is 1. The standard InChI is InChI=1S/C22H36ClN5O3Si/c1-22(2,3)31-21(29)27-9-7-8-16(12-27)26-19-18-17(23)13-28(20(18)25-14-24-19)15-30-10-11-32(4,5)6/h13-14,16H,7-12,15H2,1-6H3,(H,24,25,26)/t16-/m1/s1. The zero-order valence-corrected chi connectivity index (χ0v) is 21.8. The Hall–Kier alpha value is -1.84. The number of nitrogens with one attached hydrogen (secondary N) is 1. The number of ether oxygens (including phenoxy) is 2. The third kappa shape index (κ3) is 6.83. The van der Waals surface area contributed by atoms with Crippen LogP contribution in [0.4, 0.5) is 10.6 Å². The highest BCUT2D eigenvalue weighted by Crippen LogP contribution is 2.31. The molecule has 0 saturated carbocycles. The molecule has 1 atom stereocenters. The van der Waals surface area contributed by atoms with Gasteiger partial charge in [-0.25, -0.2) is 14.8 Å². The van der Waals surface area contributed by atoms with Gasteiger partial charge in [0, 0.05) is 40.0 Å². The maximum atomic E-state index is 12.5. The van der Waals surface area contributed by atoms with Crippen molar-refractivity contribution in [1.29, 1.82) is 0 Å². The molecule has 3 heterocycles. The Morgan fingerprint density at radius 3 is 2.75 bits per heavy atom. The number of likely N-dealkylation sites (tertiary alicyclic amines) is 1. The third-order valence-corrected chi connectivity index (χ3v) is 7.24. The van der Waals surface area contributed by atoms with Crippen molar-refractivity contribution in [3.05, 3.63) is 17.5 Å². The number of piperidine rings is 1. The summed E-state index contributed by atoms with van der Waals surface area (Å²) in [6.45, 7) is 15.0. The first-order chi connectivity index (χ1) is 14.9. The molecular formula is C22H36ClN5O3Si. The summed E-state index contributed by atoms with van der Waals surface area (Å²) >= 11 is 6.56. The van der Waals surface area contributed by atoms with Gasteiger partial charge in [0.1, 0.15) is 30.1 Å². The largest absolute Gasteiger partial charge is 0.444 e. The van der Waals surface area contributed by atoms with Gasteiger partial charge in [-0.2, -0.15) is 0 Å². The number of fused-ring (bicyclic) bond motifs is 1. The summed E-state index contributed by atoms with van der Waals surface area (Å²) in [5.41, 5.74) is 0.226. The maximum Gasteiger partial charge on any atom is 0.410 e. The summed E-state index contributed by atoms with van der Waals surface area (Å²) in [7, 11) is -1.14. The maximum absolute atomic E-state index is 12.5. The highest BCUT2D eigenvalue weighted by atomic mass is 35.5. The van der Waals surface area contributed by atoms with Crippen molar-refractivity contribution < 1.29 is 14.3 Å². The third-order valence-electron chi connectivity index (χ3n) is 5.25. The molecule has 1 saturated heterocycles. The molecule has 2 aromatic rings. The lowest BCUT2D eigenvalue weighted by molar-refractivity contribution is 0.0206. The van der Waals surface area contributed by atoms with E-state index in [2.05, 4.69) is 34.9 Å². The zero-order chi connectivity index (χ0) is 23.5. The minimum atomic E-state index is -1.14. The first-order valence-electron chi connectivity index (χ1n) is 11.2. The number of rotatable bonds is 7. The minimum absolute atomic E-state index is 0.0572. The molecule has 0 spiro atoms. The number of carbonyl (C=O) groups is 1. The second-order valence-electron chi connectivity index (χ2n) is 10.6. The van der Waals surface area contributed by atoms with Crippen LogP contribution >= 0.6 is 11.6 Å². The van der Waals surface area contributed by atoms with Crippen LogP contribution in [-0.4, -0.2) is 64.9 Å². The van der Waals surface area contributed by atoms with Crippen LogP contribution in [0.25, 0.3) is 11.0 Å². The summed E-state index contributed by atoms with van der Waals surface area (Å²) in [5, 5.41) is 4.83. The van der Waals surface area contributed by atoms with Crippen LogP contribution in [0.15, 0.2) is 12.5 Å². The molecular weight excluding hydrogens is 446 g/mol. The predicted octanol–water partition coefficient (Wildman–Crippen LogP) is 5.21. The van der Waals surface area contributed by atoms with E-state index in [9.17, 15) is 4.79 Å². The number of anilines is 1. The fourth-order valence-electron chi connectivity index (χ4n) is 3.61. The van der Waals surface area contributed by atoms with Crippen molar-refractivity contribution >= 4 is 42.6 Å². The van der Waals surface area contributed by atoms with E-state index in [1.807, 2.05) is 31.5 Å². The second-order valence-corrected chi connectivity index (χ2v) is 16.7. The van der Waals surface area contributed by atoms with Crippen LogP contribution < -0.4 is 5.32 Å². The molecule has 178 valence electrons. The molecule has 10 heteroatoms. The van der Waals surface area contributed by atoms with Gasteiger partial charge >= 0.3 is 6.09 Å². The normalized spacial score (nSPS) is 17.6. The lowest BCUT2D eigenvalue weighted by Gasteiger charge is -2.34. The topological polar surface area (TPSA) is 81.5 Å². The number of hydrogen-bond acceptors (Lipinski definition) is 6. The predicted molar refractivity (Wildman–Crippen MR) is 131 cm³/mol. The number of carbonyl (C=O) groups excluding carboxylic acids is 1. The molecule has 8 nitrogen and oxygen atoms in total. The molecule has 2 aromatic heterocycles. The second kappa shape index (κ2) is 9.97. The minimum Gasteiger partial charge on any atom is -0.444 e. The van der Waals surface area contributed by atoms with E-state index in [1.165, 1.54) is 6.33 Å². The number of hydrogen-bond donors (Lipinski definition) is 1. The molecule has 1 N–H and O–H groups in total. The highest BCUT2D eigenvalue weighted by Gasteiger charge is 2.28. The van der Waals surface area contributed by atoms with Crippen molar-refractivity contribution in [1.82, 2.24) is 19.4 Å². The van der Waals surface area contributed by atoms with Crippen LogP contribution in [0.5, 0.6) is 0 Å². The van der Waals surface area contributed by atoms with Crippen molar-refractivity contribution in [2.24, 2.45) is 0 Å². The van der Waals surface area contributed by atoms with E-state index in [4.69, 9.17) is 21.1 Å². The lowest BCUT2D eigenvalue weighted by atomic mass is 10.1. The molecule has 1 fully saturated rings. The van der Waals surface area contributed by atoms with Crippen LogP contribution in [0.3, 0.4) is 0 Å². The van der Waals surface area contributed by atoms with Crippen molar-refractivity contribution in [3.8, 4) is 0 Å². The molecule has 3 rings (SSSR count). The number of nitrogens with zero attached hydrogens (tertiary/aromatic N) is 4. The van der Waals surface area contributed by atoms with E-state index >= 15 is 0 Å². The van der Waals surface area contributed by atoms with Crippen LogP contribution in [-0.2, 0) is 16.2 Å². The van der Waals surface area contributed by atoms with Gasteiger partial charge in [-0.1, -0.05) is 31.2 Å². The van der Waals surface area contributed by atoms with Gasteiger partial charge in [0.25, 0.3) is 0 Å². The Kier molecular flexibility index (Phi) is 7.72. The average molecular weight is 482 g/mol. The van der Waals surface area contributed by atoms with Crippen LogP contribution in [0.2, 0.25) is 30.7 Å². The smallest absolute Gasteiger partial charge is 0.410 e. The molecule has 1 amide bonds. The molecule has 0 radical (unpaired) electrons. The van der Waals surface area contributed by atoms with Crippen molar-refractivity contribution in [3.63, 3.8) is 0 Å². The Bertz CT molecular complexity index is 938. The zero-order valence-electron chi connectivity index (χ0n) is 20.1. The van der Waals surface area contributed by atoms with Gasteiger partial charge < -0.3 is 24.3 Å². The molecule has 0 bridgehead atoms. The molecule has 0 aromatic carbocycles. The fraction of sp³-hybridized carbons (Fsp3) is 0.682. The average Bonchev–Trinajstić information content (AvgIpc) is 3.00. The summed E-state index contributed by atoms with van der Waals surface area (Å²) in [5.74, 6) is 0.678. The Morgan fingerprint density at radius 2 is 2.06 bits per heavy atom. The molecule has 1 aliphatic rings. The monoisotopic (exact) mass is 481 g/mol. The van der Waals surface area contributed by atoms with Crippen LogP contribution in [0.1, 0.15) is 33.6 Å². The molecule has 0 aliphatic carbocycles. The molecule has 32 heavy (non-hydrogen) atoms. The van der Waals surface area contributed by atoms with E-state index in [-0.39, 0.29) is 12.1 Å². The molecule has 1 aliphatic heterocycles. The van der Waals surface area contributed by atoms with Gasteiger partial charge in [0.15, 0.2) is 0 Å². The first-order valence-corrected chi connectivity index (χ1v) is 15.3. The van der Waals surface area contributed by atoms with Gasteiger partial charge in [0.2, 0.25) is 0 Å². The molecule has 0 unspecified atom stereocenters. The first kappa shape index (κ1) is 24.8. The number of aromatic nitrogens is 3. The Labute approximate surface area is 196 Å². The Morgan fingerprint density at radius 1 is 1.31 bits per heavy atom. The van der Waals surface area contributed by atoms with Crippen molar-refractivity contribution in [2.75, 3.05) is 25.0 Å². The quantitative estimate of drug-likeness (QED) is 0.432. The summed E-state index contributed by atoms with van der Waals surface area (Å²) in [4.78, 5) is 23.1. The summed E-state index contributed by atoms with van der Waals surface area (Å²) < 4.78 is 13.3. The highest BCUT2D eigenvalue weighted by molar-refractivity contribution is 6.76. The summed E-state index contributed by atoms with van der Waals surface area (Å²) in [6.07, 6.45) is 4.92. The van der Waals surface area contributed by atoms with Crippen LogP contribution in [0, 0.1) is 0 Å². The van der Waals surface area contributed by atoms with E-state index < -0.39 is 13.7 Å². The fourth-order valence-corrected chi connectivity index (χ4v) is 4.65. The number of amides is 1. The van der Waals surface area contributed by atoms with E-state index in [0.29, 0.717) is 30.7 Å². The lowest BCUT2D eigenvalue weighted by Crippen LogP contribution is -2.47. The van der Waals surface area contributed by atoms with E-state index in [1.54, 1.807) is 4.90 Å². The van der Waals surface area contributed by atoms with Gasteiger partial charge in [-0.3, -0.25) is 0 Å². The Balaban J connectivity index is 1.68. The SMILES string of the molecule is CC(C)(C)OC(=O)N1CCC[C@@H](Nc2ncnc3c2c(Cl)cn3COCC[Si](C)(C)C)C1. The van der Waals surface area contributed by atoms with Gasteiger partial charge in [-0.05, 0) is 39.7 Å². The summed E-state index contributed by atoms with van der Waals surface area (Å²) in [6, 6.07) is 1.17. The van der Waals surface area contributed by atoms with Crippen molar-refractivity contribution in [2.45, 2.75) is 77.7 Å². The van der Waals surface area contributed by atoms with Gasteiger partial charge in [-0.15, -0.1) is 0 Å². The van der Waals surface area contributed by atoms with E-state index in [0.717, 1.165) is 36.5 Å².